The molecule has 138 valence electrons. The van der Waals surface area contributed by atoms with Crippen molar-refractivity contribution in [1.29, 1.82) is 0 Å². The molecule has 0 aliphatic carbocycles. The van der Waals surface area contributed by atoms with Crippen molar-refractivity contribution in [2.45, 2.75) is 26.7 Å². The van der Waals surface area contributed by atoms with E-state index in [1.165, 1.54) is 4.90 Å². The second kappa shape index (κ2) is 9.27. The Kier molecular flexibility index (Phi) is 7.06. The van der Waals surface area contributed by atoms with Gasteiger partial charge >= 0.3 is 0 Å². The number of rotatable bonds is 8. The normalized spacial score (nSPS) is 19.9. The molecule has 2 rings (SSSR count). The van der Waals surface area contributed by atoms with Gasteiger partial charge in [0.15, 0.2) is 18.0 Å². The molecule has 0 saturated carbocycles. The number of quaternary nitrogens is 1. The summed E-state index contributed by atoms with van der Waals surface area (Å²) < 4.78 is 11.1. The van der Waals surface area contributed by atoms with Crippen LogP contribution in [-0.4, -0.2) is 44.7 Å². The number of ether oxygens (including phenoxy) is 2. The lowest BCUT2D eigenvalue weighted by Gasteiger charge is -2.27. The van der Waals surface area contributed by atoms with Gasteiger partial charge in [-0.3, -0.25) is 9.59 Å². The number of carbonyl (C=O) groups excluding carboxylic acids is 2. The average Bonchev–Trinajstić information content (AvgIpc) is 2.58. The van der Waals surface area contributed by atoms with E-state index >= 15 is 0 Å². The monoisotopic (exact) mass is 350 g/mol. The molecule has 1 heterocycles. The Labute approximate surface area is 148 Å². The molecule has 0 radical (unpaired) electrons. The Balaban J connectivity index is 1.90. The first-order valence-electron chi connectivity index (χ1n) is 8.85. The molecule has 0 spiro atoms. The number of amides is 2. The summed E-state index contributed by atoms with van der Waals surface area (Å²) in [5.74, 6) is 0.949. The van der Waals surface area contributed by atoms with Gasteiger partial charge in [0.2, 0.25) is 5.91 Å². The number of primary amides is 1. The van der Waals surface area contributed by atoms with Crippen molar-refractivity contribution < 1.29 is 24.0 Å². The van der Waals surface area contributed by atoms with E-state index in [9.17, 15) is 9.59 Å². The second-order valence-electron chi connectivity index (χ2n) is 6.18. The second-order valence-corrected chi connectivity index (χ2v) is 6.18. The third-order valence-corrected chi connectivity index (χ3v) is 4.33. The molecule has 1 saturated heterocycles. The number of carbonyl (C=O) groups is 2. The van der Waals surface area contributed by atoms with Crippen LogP contribution in [0.1, 0.15) is 26.7 Å². The van der Waals surface area contributed by atoms with Crippen molar-refractivity contribution in [3.63, 3.8) is 0 Å². The third-order valence-electron chi connectivity index (χ3n) is 4.33. The zero-order chi connectivity index (χ0) is 18.2. The highest BCUT2D eigenvalue weighted by molar-refractivity contribution is 5.91. The summed E-state index contributed by atoms with van der Waals surface area (Å²) in [5.41, 5.74) is 6.02. The van der Waals surface area contributed by atoms with Crippen LogP contribution in [0.15, 0.2) is 18.2 Å². The fourth-order valence-electron chi connectivity index (χ4n) is 3.05. The highest BCUT2D eigenvalue weighted by Gasteiger charge is 2.27. The van der Waals surface area contributed by atoms with Gasteiger partial charge in [-0.25, -0.2) is 0 Å². The Bertz CT molecular complexity index is 598. The Morgan fingerprint density at radius 1 is 1.16 bits per heavy atom. The smallest absolute Gasteiger partial charge is 0.279 e. The standard InChI is InChI=1S/C18H27N3O4/c1-3-24-15-6-5-14(11-16(15)25-4-2)20-17(22)12-21-9-7-13(8-10-21)18(19)23/h5-6,11,13H,3-4,7-10,12H2,1-2H3,(H2,19,23)(H,20,22)/p+1. The maximum absolute atomic E-state index is 12.3. The van der Waals surface area contributed by atoms with E-state index in [4.69, 9.17) is 15.2 Å². The molecule has 2 amide bonds. The number of anilines is 1. The molecule has 0 atom stereocenters. The van der Waals surface area contributed by atoms with Gasteiger partial charge in [-0.05, 0) is 26.0 Å². The maximum Gasteiger partial charge on any atom is 0.279 e. The molecule has 1 aliphatic rings. The van der Waals surface area contributed by atoms with Crippen LogP contribution < -0.4 is 25.4 Å². The van der Waals surface area contributed by atoms with Crippen molar-refractivity contribution in [3.8, 4) is 11.5 Å². The summed E-state index contributed by atoms with van der Waals surface area (Å²) >= 11 is 0. The Hall–Kier alpha value is -2.28. The third kappa shape index (κ3) is 5.63. The minimum atomic E-state index is -0.235. The van der Waals surface area contributed by atoms with Crippen molar-refractivity contribution in [2.75, 3.05) is 38.2 Å². The number of piperidine rings is 1. The van der Waals surface area contributed by atoms with Gasteiger partial charge in [-0.2, -0.15) is 0 Å². The molecular formula is C18H28N3O4+. The van der Waals surface area contributed by atoms with E-state index in [-0.39, 0.29) is 17.7 Å². The number of benzene rings is 1. The molecule has 1 aliphatic heterocycles. The van der Waals surface area contributed by atoms with Crippen molar-refractivity contribution in [2.24, 2.45) is 11.7 Å². The van der Waals surface area contributed by atoms with E-state index in [1.807, 2.05) is 13.8 Å². The molecule has 0 aromatic heterocycles. The summed E-state index contributed by atoms with van der Waals surface area (Å²) in [5, 5.41) is 2.90. The molecule has 7 nitrogen and oxygen atoms in total. The summed E-state index contributed by atoms with van der Waals surface area (Å²) in [6, 6.07) is 5.39. The quantitative estimate of drug-likeness (QED) is 0.624. The number of likely N-dealkylation sites (tertiary alicyclic amines) is 1. The summed E-state index contributed by atoms with van der Waals surface area (Å²) in [7, 11) is 0. The molecule has 1 aromatic carbocycles. The van der Waals surface area contributed by atoms with Gasteiger partial charge in [0, 0.05) is 30.5 Å². The average molecular weight is 350 g/mol. The van der Waals surface area contributed by atoms with Crippen molar-refractivity contribution in [3.05, 3.63) is 18.2 Å². The van der Waals surface area contributed by atoms with Gasteiger partial charge in [-0.1, -0.05) is 0 Å². The van der Waals surface area contributed by atoms with Gasteiger partial charge in [0.05, 0.1) is 26.3 Å². The van der Waals surface area contributed by atoms with Crippen LogP contribution in [0.25, 0.3) is 0 Å². The molecule has 0 unspecified atom stereocenters. The summed E-state index contributed by atoms with van der Waals surface area (Å²) in [4.78, 5) is 24.6. The van der Waals surface area contributed by atoms with Crippen LogP contribution in [0.2, 0.25) is 0 Å². The fraction of sp³-hybridized carbons (Fsp3) is 0.556. The van der Waals surface area contributed by atoms with Crippen LogP contribution in [0, 0.1) is 5.92 Å². The molecule has 4 N–H and O–H groups in total. The number of hydrogen-bond acceptors (Lipinski definition) is 4. The van der Waals surface area contributed by atoms with Crippen LogP contribution in [0.4, 0.5) is 5.69 Å². The predicted molar refractivity (Wildman–Crippen MR) is 94.9 cm³/mol. The Morgan fingerprint density at radius 3 is 2.40 bits per heavy atom. The van der Waals surface area contributed by atoms with E-state index in [1.54, 1.807) is 18.2 Å². The summed E-state index contributed by atoms with van der Waals surface area (Å²) in [6.07, 6.45) is 1.49. The lowest BCUT2D eigenvalue weighted by Crippen LogP contribution is -3.14. The van der Waals surface area contributed by atoms with E-state index < -0.39 is 0 Å². The van der Waals surface area contributed by atoms with E-state index in [2.05, 4.69) is 5.32 Å². The van der Waals surface area contributed by atoms with Crippen LogP contribution in [0.5, 0.6) is 11.5 Å². The maximum atomic E-state index is 12.3. The molecule has 1 fully saturated rings. The van der Waals surface area contributed by atoms with Gasteiger partial charge in [-0.15, -0.1) is 0 Å². The van der Waals surface area contributed by atoms with Crippen molar-refractivity contribution in [1.82, 2.24) is 0 Å². The van der Waals surface area contributed by atoms with E-state index in [0.717, 1.165) is 25.9 Å². The zero-order valence-corrected chi connectivity index (χ0v) is 15.0. The van der Waals surface area contributed by atoms with E-state index in [0.29, 0.717) is 36.9 Å². The van der Waals surface area contributed by atoms with Crippen molar-refractivity contribution >= 4 is 17.5 Å². The molecule has 1 aromatic rings. The molecule has 7 heteroatoms. The number of hydrogen-bond donors (Lipinski definition) is 3. The first-order valence-corrected chi connectivity index (χ1v) is 8.85. The lowest BCUT2D eigenvalue weighted by atomic mass is 9.96. The predicted octanol–water partition coefficient (Wildman–Crippen LogP) is 0.203. The minimum absolute atomic E-state index is 0.0494. The zero-order valence-electron chi connectivity index (χ0n) is 15.0. The summed E-state index contributed by atoms with van der Waals surface area (Å²) in [6.45, 7) is 6.84. The number of nitrogens with two attached hydrogens (primary N) is 1. The van der Waals surface area contributed by atoms with Crippen LogP contribution in [0.3, 0.4) is 0 Å². The highest BCUT2D eigenvalue weighted by atomic mass is 16.5. The minimum Gasteiger partial charge on any atom is -0.490 e. The topological polar surface area (TPSA) is 95.1 Å². The highest BCUT2D eigenvalue weighted by Crippen LogP contribution is 2.30. The Morgan fingerprint density at radius 2 is 1.80 bits per heavy atom. The molecule has 25 heavy (non-hydrogen) atoms. The van der Waals surface area contributed by atoms with Gasteiger partial charge < -0.3 is 25.4 Å². The first kappa shape index (κ1) is 19.1. The largest absolute Gasteiger partial charge is 0.490 e. The van der Waals surface area contributed by atoms with Crippen LogP contribution >= 0.6 is 0 Å². The first-order chi connectivity index (χ1) is 12.0. The SMILES string of the molecule is CCOc1ccc(NC(=O)C[NH+]2CCC(C(N)=O)CC2)cc1OCC. The van der Waals surface area contributed by atoms with Gasteiger partial charge in [0.25, 0.3) is 5.91 Å². The van der Waals surface area contributed by atoms with Crippen LogP contribution in [-0.2, 0) is 9.59 Å². The molecular weight excluding hydrogens is 322 g/mol. The molecule has 0 bridgehead atoms. The fourth-order valence-corrected chi connectivity index (χ4v) is 3.05. The lowest BCUT2D eigenvalue weighted by molar-refractivity contribution is -0.897. The number of nitrogens with one attached hydrogen (secondary N) is 2. The van der Waals surface area contributed by atoms with Gasteiger partial charge in [0.1, 0.15) is 0 Å².